The highest BCUT2D eigenvalue weighted by Gasteiger charge is 2.35. The Hall–Kier alpha value is -3.62. The quantitative estimate of drug-likeness (QED) is 0.733. The highest BCUT2D eigenvalue weighted by Crippen LogP contribution is 2.35. The van der Waals surface area contributed by atoms with Gasteiger partial charge in [-0.1, -0.05) is 12.1 Å². The zero-order chi connectivity index (χ0) is 19.0. The SMILES string of the molecule is COc1ccccc1NC(=O)C1=C(C)Nc2ncnn2[C@@H]1c1ccnn1C. The average molecular weight is 365 g/mol. The van der Waals surface area contributed by atoms with Gasteiger partial charge in [-0.25, -0.2) is 4.68 Å². The second kappa shape index (κ2) is 6.60. The van der Waals surface area contributed by atoms with Crippen molar-refractivity contribution in [1.82, 2.24) is 24.5 Å². The van der Waals surface area contributed by atoms with E-state index in [1.165, 1.54) is 6.33 Å². The Bertz CT molecular complexity index is 1030. The van der Waals surface area contributed by atoms with Crippen molar-refractivity contribution in [3.8, 4) is 5.75 Å². The number of carbonyl (C=O) groups is 1. The van der Waals surface area contributed by atoms with Gasteiger partial charge in [0.25, 0.3) is 5.91 Å². The van der Waals surface area contributed by atoms with E-state index < -0.39 is 6.04 Å². The van der Waals surface area contributed by atoms with Gasteiger partial charge in [-0.3, -0.25) is 9.48 Å². The van der Waals surface area contributed by atoms with Crippen LogP contribution in [0.15, 0.2) is 54.1 Å². The summed E-state index contributed by atoms with van der Waals surface area (Å²) in [7, 11) is 3.40. The van der Waals surface area contributed by atoms with E-state index >= 15 is 0 Å². The van der Waals surface area contributed by atoms with Crippen molar-refractivity contribution in [2.24, 2.45) is 7.05 Å². The van der Waals surface area contributed by atoms with Gasteiger partial charge in [0.2, 0.25) is 5.95 Å². The molecule has 2 N–H and O–H groups in total. The average Bonchev–Trinajstić information content (AvgIpc) is 3.29. The number of hydrogen-bond donors (Lipinski definition) is 2. The third kappa shape index (κ3) is 2.82. The predicted molar refractivity (Wildman–Crippen MR) is 99.3 cm³/mol. The number of benzene rings is 1. The van der Waals surface area contributed by atoms with E-state index in [-0.39, 0.29) is 5.91 Å². The summed E-state index contributed by atoms with van der Waals surface area (Å²) >= 11 is 0. The molecule has 9 heteroatoms. The molecule has 0 bridgehead atoms. The van der Waals surface area contributed by atoms with Crippen molar-refractivity contribution in [2.75, 3.05) is 17.7 Å². The number of anilines is 2. The van der Waals surface area contributed by atoms with Crippen LogP contribution in [0.3, 0.4) is 0 Å². The number of allylic oxidation sites excluding steroid dienone is 1. The molecule has 3 heterocycles. The zero-order valence-corrected chi connectivity index (χ0v) is 15.2. The van der Waals surface area contributed by atoms with E-state index in [9.17, 15) is 4.79 Å². The number of para-hydroxylation sites is 2. The summed E-state index contributed by atoms with van der Waals surface area (Å²) < 4.78 is 8.74. The van der Waals surface area contributed by atoms with Crippen LogP contribution in [0.25, 0.3) is 0 Å². The van der Waals surface area contributed by atoms with Gasteiger partial charge < -0.3 is 15.4 Å². The second-order valence-electron chi connectivity index (χ2n) is 6.13. The van der Waals surface area contributed by atoms with Crippen molar-refractivity contribution >= 4 is 17.5 Å². The molecule has 0 saturated carbocycles. The monoisotopic (exact) mass is 365 g/mol. The van der Waals surface area contributed by atoms with Crippen molar-refractivity contribution in [3.05, 3.63) is 59.8 Å². The van der Waals surface area contributed by atoms with Crippen molar-refractivity contribution in [3.63, 3.8) is 0 Å². The van der Waals surface area contributed by atoms with Crippen LogP contribution in [-0.2, 0) is 11.8 Å². The molecule has 138 valence electrons. The Morgan fingerprint density at radius 2 is 2.07 bits per heavy atom. The van der Waals surface area contributed by atoms with Gasteiger partial charge in [-0.05, 0) is 25.1 Å². The van der Waals surface area contributed by atoms with Crippen LogP contribution in [0.2, 0.25) is 0 Å². The van der Waals surface area contributed by atoms with E-state index in [1.54, 1.807) is 34.8 Å². The first kappa shape index (κ1) is 16.8. The van der Waals surface area contributed by atoms with E-state index in [1.807, 2.05) is 32.2 Å². The number of aryl methyl sites for hydroxylation is 1. The Morgan fingerprint density at radius 3 is 2.81 bits per heavy atom. The zero-order valence-electron chi connectivity index (χ0n) is 15.2. The van der Waals surface area contributed by atoms with Crippen molar-refractivity contribution < 1.29 is 9.53 Å². The molecule has 0 saturated heterocycles. The van der Waals surface area contributed by atoms with Crippen LogP contribution in [0.4, 0.5) is 11.6 Å². The number of fused-ring (bicyclic) bond motifs is 1. The minimum atomic E-state index is -0.453. The maximum atomic E-state index is 13.2. The maximum absolute atomic E-state index is 13.2. The molecule has 0 radical (unpaired) electrons. The molecule has 1 aliphatic rings. The lowest BCUT2D eigenvalue weighted by Gasteiger charge is -2.28. The van der Waals surface area contributed by atoms with E-state index in [4.69, 9.17) is 4.74 Å². The van der Waals surface area contributed by atoms with Gasteiger partial charge >= 0.3 is 0 Å². The Balaban J connectivity index is 1.77. The van der Waals surface area contributed by atoms with Crippen LogP contribution in [0.5, 0.6) is 5.75 Å². The number of rotatable bonds is 4. The summed E-state index contributed by atoms with van der Waals surface area (Å²) in [5, 5.41) is 14.6. The minimum absolute atomic E-state index is 0.253. The van der Waals surface area contributed by atoms with Gasteiger partial charge in [0, 0.05) is 18.9 Å². The summed E-state index contributed by atoms with van der Waals surface area (Å²) in [6.07, 6.45) is 3.15. The standard InChI is InChI=1S/C18H19N7O2/c1-11-15(17(26)23-12-6-4-5-7-14(12)27-3)16(13-8-9-20-24(13)2)25-18(22-11)19-10-21-25/h4-10,16H,1-3H3,(H,23,26)(H,19,21,22)/t16-/m1/s1. The molecule has 0 aliphatic carbocycles. The lowest BCUT2D eigenvalue weighted by molar-refractivity contribution is -0.113. The summed E-state index contributed by atoms with van der Waals surface area (Å²) in [6, 6.07) is 8.69. The molecule has 27 heavy (non-hydrogen) atoms. The minimum Gasteiger partial charge on any atom is -0.495 e. The first-order valence-electron chi connectivity index (χ1n) is 8.39. The third-order valence-electron chi connectivity index (χ3n) is 4.53. The lowest BCUT2D eigenvalue weighted by atomic mass is 9.99. The maximum Gasteiger partial charge on any atom is 0.256 e. The number of amides is 1. The van der Waals surface area contributed by atoms with Crippen LogP contribution in [-0.4, -0.2) is 37.6 Å². The highest BCUT2D eigenvalue weighted by atomic mass is 16.5. The molecule has 2 aromatic heterocycles. The van der Waals surface area contributed by atoms with Crippen molar-refractivity contribution in [2.45, 2.75) is 13.0 Å². The molecule has 1 aliphatic heterocycles. The topological polar surface area (TPSA) is 98.9 Å². The molecule has 1 aromatic carbocycles. The van der Waals surface area contributed by atoms with Crippen LogP contribution < -0.4 is 15.4 Å². The van der Waals surface area contributed by atoms with Crippen LogP contribution in [0, 0.1) is 0 Å². The molecule has 3 aromatic rings. The van der Waals surface area contributed by atoms with Gasteiger partial charge in [-0.2, -0.15) is 15.2 Å². The normalized spacial score (nSPS) is 15.9. The number of nitrogens with zero attached hydrogens (tertiary/aromatic N) is 5. The Morgan fingerprint density at radius 1 is 1.26 bits per heavy atom. The van der Waals surface area contributed by atoms with E-state index in [0.29, 0.717) is 28.7 Å². The lowest BCUT2D eigenvalue weighted by Crippen LogP contribution is -2.32. The molecular weight excluding hydrogens is 346 g/mol. The summed E-state index contributed by atoms with van der Waals surface area (Å²) in [4.78, 5) is 17.5. The van der Waals surface area contributed by atoms with Gasteiger partial charge in [0.05, 0.1) is 24.1 Å². The fraction of sp³-hybridized carbons (Fsp3) is 0.222. The van der Waals surface area contributed by atoms with Gasteiger partial charge in [-0.15, -0.1) is 0 Å². The smallest absolute Gasteiger partial charge is 0.256 e. The highest BCUT2D eigenvalue weighted by molar-refractivity contribution is 6.06. The number of aromatic nitrogens is 5. The Kier molecular flexibility index (Phi) is 4.11. The molecule has 1 amide bonds. The van der Waals surface area contributed by atoms with Gasteiger partial charge in [0.1, 0.15) is 18.1 Å². The largest absolute Gasteiger partial charge is 0.495 e. The summed E-state index contributed by atoms with van der Waals surface area (Å²) in [5.74, 6) is 0.913. The molecule has 4 rings (SSSR count). The molecule has 0 unspecified atom stereocenters. The number of carbonyl (C=O) groups excluding carboxylic acids is 1. The van der Waals surface area contributed by atoms with E-state index in [0.717, 1.165) is 5.69 Å². The molecule has 9 nitrogen and oxygen atoms in total. The van der Waals surface area contributed by atoms with Crippen molar-refractivity contribution in [1.29, 1.82) is 0 Å². The number of hydrogen-bond acceptors (Lipinski definition) is 6. The number of nitrogens with one attached hydrogen (secondary N) is 2. The van der Waals surface area contributed by atoms with E-state index in [2.05, 4.69) is 25.8 Å². The fourth-order valence-corrected chi connectivity index (χ4v) is 3.25. The summed E-state index contributed by atoms with van der Waals surface area (Å²) in [6.45, 7) is 1.85. The fourth-order valence-electron chi connectivity index (χ4n) is 3.25. The second-order valence-corrected chi connectivity index (χ2v) is 6.13. The molecule has 1 atom stereocenters. The molecular formula is C18H19N7O2. The van der Waals surface area contributed by atoms with Gasteiger partial charge in [0.15, 0.2) is 0 Å². The van der Waals surface area contributed by atoms with Crippen LogP contribution in [0.1, 0.15) is 18.7 Å². The predicted octanol–water partition coefficient (Wildman–Crippen LogP) is 1.95. The first-order valence-corrected chi connectivity index (χ1v) is 8.39. The Labute approximate surface area is 155 Å². The number of methoxy groups -OCH3 is 1. The first-order chi connectivity index (χ1) is 13.1. The molecule has 0 fully saturated rings. The third-order valence-corrected chi connectivity index (χ3v) is 4.53. The summed E-state index contributed by atoms with van der Waals surface area (Å²) in [5.41, 5.74) is 2.66. The molecule has 0 spiro atoms. The van der Waals surface area contributed by atoms with Crippen LogP contribution >= 0.6 is 0 Å². The number of ether oxygens (including phenoxy) is 1.